The lowest BCUT2D eigenvalue weighted by Gasteiger charge is -2.10. The fraction of sp³-hybridized carbons (Fsp3) is 0.227. The Balaban J connectivity index is 1.55. The third kappa shape index (κ3) is 6.01. The van der Waals surface area contributed by atoms with Gasteiger partial charge in [0.15, 0.2) is 10.2 Å². The molecule has 0 saturated heterocycles. The Bertz CT molecular complexity index is 999. The first-order valence-electron chi connectivity index (χ1n) is 9.39. The van der Waals surface area contributed by atoms with Crippen LogP contribution in [0.3, 0.4) is 0 Å². The van der Waals surface area contributed by atoms with Gasteiger partial charge in [-0.2, -0.15) is 0 Å². The molecule has 2 N–H and O–H groups in total. The molecule has 0 radical (unpaired) electrons. The maximum absolute atomic E-state index is 12.4. The number of rotatable bonds is 7. The molecule has 0 saturated carbocycles. The lowest BCUT2D eigenvalue weighted by atomic mass is 10.2. The Morgan fingerprint density at radius 2 is 1.77 bits per heavy atom. The second-order valence-electron chi connectivity index (χ2n) is 6.90. The minimum absolute atomic E-state index is 0.191. The Labute approximate surface area is 185 Å². The summed E-state index contributed by atoms with van der Waals surface area (Å²) in [4.78, 5) is 16.9. The van der Waals surface area contributed by atoms with Crippen molar-refractivity contribution in [3.8, 4) is 22.8 Å². The fourth-order valence-corrected chi connectivity index (χ4v) is 3.47. The van der Waals surface area contributed by atoms with Crippen molar-refractivity contribution in [3.05, 3.63) is 59.5 Å². The van der Waals surface area contributed by atoms with Gasteiger partial charge >= 0.3 is 0 Å². The average Bonchev–Trinajstić information content (AvgIpc) is 3.20. The van der Waals surface area contributed by atoms with E-state index in [2.05, 4.69) is 29.5 Å². The van der Waals surface area contributed by atoms with Crippen molar-refractivity contribution in [1.82, 2.24) is 10.3 Å². The first-order valence-corrected chi connectivity index (χ1v) is 10.7. The highest BCUT2D eigenvalue weighted by Gasteiger charge is 2.11. The van der Waals surface area contributed by atoms with Crippen molar-refractivity contribution >= 4 is 39.7 Å². The number of aromatic nitrogens is 1. The molecule has 0 fully saturated rings. The largest absolute Gasteiger partial charge is 0.497 e. The van der Waals surface area contributed by atoms with Gasteiger partial charge < -0.3 is 14.8 Å². The summed E-state index contributed by atoms with van der Waals surface area (Å²) in [6.45, 7) is 4.79. The summed E-state index contributed by atoms with van der Waals surface area (Å²) in [6, 6.07) is 14.6. The highest BCUT2D eigenvalue weighted by atomic mass is 32.1. The van der Waals surface area contributed by atoms with Gasteiger partial charge in [0.05, 0.1) is 19.4 Å². The lowest BCUT2D eigenvalue weighted by molar-refractivity contribution is 0.0977. The zero-order valence-electron chi connectivity index (χ0n) is 17.0. The number of amides is 1. The molecule has 0 aliphatic carbocycles. The van der Waals surface area contributed by atoms with E-state index in [0.717, 1.165) is 22.8 Å². The number of carbonyl (C=O) groups is 1. The fourth-order valence-electron chi connectivity index (χ4n) is 2.49. The summed E-state index contributed by atoms with van der Waals surface area (Å²) < 4.78 is 10.8. The smallest absolute Gasteiger partial charge is 0.257 e. The van der Waals surface area contributed by atoms with Crippen LogP contribution in [0.4, 0.5) is 5.13 Å². The van der Waals surface area contributed by atoms with Gasteiger partial charge in [0.1, 0.15) is 11.5 Å². The van der Waals surface area contributed by atoms with Crippen LogP contribution < -0.4 is 20.1 Å². The lowest BCUT2D eigenvalue weighted by Crippen LogP contribution is -2.34. The molecule has 0 spiro atoms. The minimum atomic E-state index is -0.296. The molecule has 3 aromatic rings. The van der Waals surface area contributed by atoms with Crippen LogP contribution in [-0.4, -0.2) is 29.7 Å². The van der Waals surface area contributed by atoms with Crippen LogP contribution in [-0.2, 0) is 0 Å². The summed E-state index contributed by atoms with van der Waals surface area (Å²) in [5.41, 5.74) is 2.28. The zero-order chi connectivity index (χ0) is 21.5. The van der Waals surface area contributed by atoms with Crippen molar-refractivity contribution in [2.24, 2.45) is 5.92 Å². The highest BCUT2D eigenvalue weighted by molar-refractivity contribution is 7.80. The number of carbonyl (C=O) groups excluding carboxylic acids is 1. The molecule has 0 aliphatic heterocycles. The Morgan fingerprint density at radius 3 is 2.40 bits per heavy atom. The maximum atomic E-state index is 12.4. The second kappa shape index (κ2) is 10.2. The molecule has 30 heavy (non-hydrogen) atoms. The number of nitrogens with zero attached hydrogens (tertiary/aromatic N) is 1. The molecule has 3 rings (SSSR count). The third-order valence-corrected chi connectivity index (χ3v) is 5.00. The summed E-state index contributed by atoms with van der Waals surface area (Å²) in [5.74, 6) is 1.66. The summed E-state index contributed by atoms with van der Waals surface area (Å²) in [5, 5.41) is 8.34. The Hall–Kier alpha value is -2.97. The Morgan fingerprint density at radius 1 is 1.10 bits per heavy atom. The summed E-state index contributed by atoms with van der Waals surface area (Å²) >= 11 is 6.66. The van der Waals surface area contributed by atoms with Crippen molar-refractivity contribution in [2.45, 2.75) is 13.8 Å². The van der Waals surface area contributed by atoms with E-state index in [1.54, 1.807) is 31.4 Å². The van der Waals surface area contributed by atoms with E-state index >= 15 is 0 Å². The molecular formula is C22H23N3O3S2. The molecule has 156 valence electrons. The number of hydrogen-bond acceptors (Lipinski definition) is 6. The highest BCUT2D eigenvalue weighted by Crippen LogP contribution is 2.26. The Kier molecular flexibility index (Phi) is 7.37. The number of hydrogen-bond donors (Lipinski definition) is 2. The van der Waals surface area contributed by atoms with E-state index in [-0.39, 0.29) is 11.0 Å². The summed E-state index contributed by atoms with van der Waals surface area (Å²) in [7, 11) is 1.63. The van der Waals surface area contributed by atoms with Crippen LogP contribution in [0.25, 0.3) is 11.3 Å². The van der Waals surface area contributed by atoms with Gasteiger partial charge in [-0.25, -0.2) is 4.98 Å². The van der Waals surface area contributed by atoms with E-state index in [1.165, 1.54) is 11.3 Å². The number of thiazole rings is 1. The van der Waals surface area contributed by atoms with Gasteiger partial charge in [-0.3, -0.25) is 10.1 Å². The van der Waals surface area contributed by atoms with Crippen LogP contribution >= 0.6 is 23.6 Å². The normalized spacial score (nSPS) is 10.5. The van der Waals surface area contributed by atoms with Gasteiger partial charge in [0.25, 0.3) is 5.91 Å². The molecule has 2 aromatic carbocycles. The molecule has 1 heterocycles. The molecule has 1 aromatic heterocycles. The molecule has 0 bridgehead atoms. The average molecular weight is 442 g/mol. The van der Waals surface area contributed by atoms with Gasteiger partial charge in [0, 0.05) is 16.5 Å². The molecular weight excluding hydrogens is 418 g/mol. The third-order valence-electron chi connectivity index (χ3n) is 4.04. The molecule has 8 heteroatoms. The quantitative estimate of drug-likeness (QED) is 0.504. The molecule has 1 amide bonds. The van der Waals surface area contributed by atoms with E-state index in [1.807, 2.05) is 29.6 Å². The topological polar surface area (TPSA) is 72.5 Å². The van der Waals surface area contributed by atoms with Crippen LogP contribution in [0.1, 0.15) is 24.2 Å². The molecule has 6 nitrogen and oxygen atoms in total. The number of thiocarbonyl (C=S) groups is 1. The number of anilines is 1. The van der Waals surface area contributed by atoms with Crippen molar-refractivity contribution in [1.29, 1.82) is 0 Å². The zero-order valence-corrected chi connectivity index (χ0v) is 18.6. The van der Waals surface area contributed by atoms with Crippen molar-refractivity contribution < 1.29 is 14.3 Å². The van der Waals surface area contributed by atoms with E-state index < -0.39 is 0 Å². The SMILES string of the molecule is COc1ccc(-c2csc(NC(=S)NC(=O)c3ccc(OCC(C)C)cc3)n2)cc1. The van der Waals surface area contributed by atoms with Crippen LogP contribution in [0.2, 0.25) is 0 Å². The number of nitrogens with one attached hydrogen (secondary N) is 2. The van der Waals surface area contributed by atoms with E-state index in [9.17, 15) is 4.79 Å². The molecule has 0 atom stereocenters. The van der Waals surface area contributed by atoms with Crippen LogP contribution in [0.5, 0.6) is 11.5 Å². The maximum Gasteiger partial charge on any atom is 0.257 e. The number of ether oxygens (including phenoxy) is 2. The second-order valence-corrected chi connectivity index (χ2v) is 8.17. The first-order chi connectivity index (χ1) is 14.4. The monoisotopic (exact) mass is 441 g/mol. The van der Waals surface area contributed by atoms with Gasteiger partial charge in [-0.15, -0.1) is 11.3 Å². The number of methoxy groups -OCH3 is 1. The van der Waals surface area contributed by atoms with Crippen molar-refractivity contribution in [2.75, 3.05) is 19.0 Å². The minimum Gasteiger partial charge on any atom is -0.497 e. The van der Waals surface area contributed by atoms with Gasteiger partial charge in [-0.1, -0.05) is 13.8 Å². The first kappa shape index (κ1) is 21.7. The standard InChI is InChI=1S/C22H23N3O3S2/c1-14(2)12-28-18-10-6-16(7-11-18)20(26)24-21(29)25-22-23-19(13-30-22)15-4-8-17(27-3)9-5-15/h4-11,13-14H,12H2,1-3H3,(H2,23,24,25,26,29). The molecule has 0 unspecified atom stereocenters. The predicted octanol–water partition coefficient (Wildman–Crippen LogP) is 4.98. The summed E-state index contributed by atoms with van der Waals surface area (Å²) in [6.07, 6.45) is 0. The molecule has 0 aliphatic rings. The van der Waals surface area contributed by atoms with Gasteiger partial charge in [-0.05, 0) is 66.7 Å². The predicted molar refractivity (Wildman–Crippen MR) is 125 cm³/mol. The van der Waals surface area contributed by atoms with E-state index in [0.29, 0.717) is 23.2 Å². The van der Waals surface area contributed by atoms with E-state index in [4.69, 9.17) is 21.7 Å². The van der Waals surface area contributed by atoms with Crippen molar-refractivity contribution in [3.63, 3.8) is 0 Å². The van der Waals surface area contributed by atoms with Crippen LogP contribution in [0.15, 0.2) is 53.9 Å². The van der Waals surface area contributed by atoms with Crippen LogP contribution in [0, 0.1) is 5.92 Å². The van der Waals surface area contributed by atoms with Gasteiger partial charge in [0.2, 0.25) is 0 Å². The number of benzene rings is 2.